The van der Waals surface area contributed by atoms with Crippen LogP contribution in [0.15, 0.2) is 47.4 Å². The number of ether oxygens (including phenoxy) is 1. The van der Waals surface area contributed by atoms with Crippen molar-refractivity contribution in [1.82, 2.24) is 9.55 Å². The minimum Gasteiger partial charge on any atom is -0.452 e. The highest BCUT2D eigenvalue weighted by molar-refractivity contribution is 5.96. The van der Waals surface area contributed by atoms with E-state index in [2.05, 4.69) is 31.1 Å². The number of hydrogen-bond donors (Lipinski definition) is 1. The van der Waals surface area contributed by atoms with Gasteiger partial charge in [0.05, 0.1) is 5.39 Å². The van der Waals surface area contributed by atoms with Gasteiger partial charge in [0.25, 0.3) is 5.91 Å². The van der Waals surface area contributed by atoms with Gasteiger partial charge in [0.15, 0.2) is 6.61 Å². The lowest BCUT2D eigenvalue weighted by molar-refractivity contribution is -0.119. The molecule has 0 radical (unpaired) electrons. The lowest BCUT2D eigenvalue weighted by Crippen LogP contribution is -2.25. The Morgan fingerprint density at radius 2 is 1.77 bits per heavy atom. The van der Waals surface area contributed by atoms with E-state index >= 15 is 0 Å². The van der Waals surface area contributed by atoms with Crippen molar-refractivity contribution in [2.45, 2.75) is 46.6 Å². The highest BCUT2D eigenvalue weighted by atomic mass is 16.5. The largest absolute Gasteiger partial charge is 0.452 e. The third-order valence-corrected chi connectivity index (χ3v) is 4.99. The highest BCUT2D eigenvalue weighted by Gasteiger charge is 2.19. The molecule has 2 heterocycles. The van der Waals surface area contributed by atoms with E-state index in [9.17, 15) is 14.4 Å². The topological polar surface area (TPSA) is 90.3 Å². The third-order valence-electron chi connectivity index (χ3n) is 4.99. The van der Waals surface area contributed by atoms with E-state index in [-0.39, 0.29) is 11.0 Å². The summed E-state index contributed by atoms with van der Waals surface area (Å²) in [5, 5.41) is 3.03. The molecule has 31 heavy (non-hydrogen) atoms. The van der Waals surface area contributed by atoms with Gasteiger partial charge < -0.3 is 14.6 Å². The van der Waals surface area contributed by atoms with E-state index in [0.29, 0.717) is 23.3 Å². The summed E-state index contributed by atoms with van der Waals surface area (Å²) in [4.78, 5) is 41.9. The van der Waals surface area contributed by atoms with Crippen LogP contribution in [0.4, 0.5) is 5.69 Å². The van der Waals surface area contributed by atoms with Gasteiger partial charge in [-0.25, -0.2) is 9.78 Å². The molecule has 2 aromatic heterocycles. The summed E-state index contributed by atoms with van der Waals surface area (Å²) in [7, 11) is 0. The fourth-order valence-corrected chi connectivity index (χ4v) is 3.21. The molecule has 3 rings (SSSR count). The molecule has 0 unspecified atom stereocenters. The van der Waals surface area contributed by atoms with Crippen molar-refractivity contribution in [3.63, 3.8) is 0 Å². The Labute approximate surface area is 181 Å². The SMILES string of the molecule is CCn1cc(C(=O)OCC(=O)Nc2ccc(C(C)(C)C)cc2)c(=O)c2ccc(C)nc21. The maximum absolute atomic E-state index is 12.7. The van der Waals surface area contributed by atoms with E-state index in [0.717, 1.165) is 11.3 Å². The second kappa shape index (κ2) is 8.71. The standard InChI is InChI=1S/C24H27N3O4/c1-6-27-13-19(21(29)18-12-7-15(2)25-22(18)27)23(30)31-14-20(28)26-17-10-8-16(9-11-17)24(3,4)5/h7-13H,6,14H2,1-5H3,(H,26,28). The quantitative estimate of drug-likeness (QED) is 0.633. The van der Waals surface area contributed by atoms with Gasteiger partial charge in [-0.3, -0.25) is 9.59 Å². The number of benzene rings is 1. The normalized spacial score (nSPS) is 11.4. The number of nitrogens with one attached hydrogen (secondary N) is 1. The summed E-state index contributed by atoms with van der Waals surface area (Å²) in [6.07, 6.45) is 1.43. The lowest BCUT2D eigenvalue weighted by Gasteiger charge is -2.19. The summed E-state index contributed by atoms with van der Waals surface area (Å²) in [5.41, 5.74) is 2.46. The molecule has 0 aliphatic carbocycles. The fourth-order valence-electron chi connectivity index (χ4n) is 3.21. The summed E-state index contributed by atoms with van der Waals surface area (Å²) in [6.45, 7) is 10.1. The zero-order valence-corrected chi connectivity index (χ0v) is 18.5. The van der Waals surface area contributed by atoms with Crippen LogP contribution in [-0.4, -0.2) is 28.0 Å². The van der Waals surface area contributed by atoms with Crippen LogP contribution < -0.4 is 10.7 Å². The van der Waals surface area contributed by atoms with E-state index in [1.807, 2.05) is 26.0 Å². The molecule has 0 spiro atoms. The van der Waals surface area contributed by atoms with Gasteiger partial charge >= 0.3 is 5.97 Å². The van der Waals surface area contributed by atoms with Crippen molar-refractivity contribution in [3.8, 4) is 0 Å². The van der Waals surface area contributed by atoms with E-state index in [4.69, 9.17) is 4.74 Å². The smallest absolute Gasteiger partial charge is 0.344 e. The summed E-state index contributed by atoms with van der Waals surface area (Å²) < 4.78 is 6.83. The average Bonchev–Trinajstić information content (AvgIpc) is 2.72. The molecule has 0 aliphatic rings. The number of pyridine rings is 2. The van der Waals surface area contributed by atoms with Gasteiger partial charge in [-0.15, -0.1) is 0 Å². The lowest BCUT2D eigenvalue weighted by atomic mass is 9.87. The van der Waals surface area contributed by atoms with E-state index in [1.165, 1.54) is 6.20 Å². The predicted molar refractivity (Wildman–Crippen MR) is 120 cm³/mol. The van der Waals surface area contributed by atoms with Gasteiger partial charge in [0.2, 0.25) is 5.43 Å². The number of rotatable bonds is 5. The Kier molecular flexibility index (Phi) is 6.24. The first-order valence-corrected chi connectivity index (χ1v) is 10.2. The van der Waals surface area contributed by atoms with E-state index < -0.39 is 23.9 Å². The Morgan fingerprint density at radius 3 is 2.39 bits per heavy atom. The summed E-state index contributed by atoms with van der Waals surface area (Å²) in [5.74, 6) is -1.32. The van der Waals surface area contributed by atoms with Crippen LogP contribution in [-0.2, 0) is 21.5 Å². The summed E-state index contributed by atoms with van der Waals surface area (Å²) in [6, 6.07) is 10.9. The molecule has 0 fully saturated rings. The molecule has 7 nitrogen and oxygen atoms in total. The number of anilines is 1. The van der Waals surface area contributed by atoms with Crippen molar-refractivity contribution in [3.05, 3.63) is 69.6 Å². The Hall–Kier alpha value is -3.48. The molecule has 1 aromatic carbocycles. The van der Waals surface area contributed by atoms with Crippen LogP contribution in [0.1, 0.15) is 49.3 Å². The van der Waals surface area contributed by atoms with Crippen LogP contribution in [0, 0.1) is 6.92 Å². The number of amides is 1. The molecule has 1 N–H and O–H groups in total. The van der Waals surface area contributed by atoms with Crippen molar-refractivity contribution in [2.75, 3.05) is 11.9 Å². The Bertz CT molecular complexity index is 1190. The number of esters is 1. The zero-order chi connectivity index (χ0) is 22.8. The minimum atomic E-state index is -0.840. The van der Waals surface area contributed by atoms with Crippen LogP contribution in [0.25, 0.3) is 11.0 Å². The van der Waals surface area contributed by atoms with Crippen molar-refractivity contribution in [1.29, 1.82) is 0 Å². The number of fused-ring (bicyclic) bond motifs is 1. The molecule has 0 bridgehead atoms. The first-order chi connectivity index (χ1) is 14.6. The second-order valence-corrected chi connectivity index (χ2v) is 8.43. The molecule has 0 aliphatic heterocycles. The van der Waals surface area contributed by atoms with Crippen molar-refractivity contribution >= 4 is 28.6 Å². The van der Waals surface area contributed by atoms with E-state index in [1.54, 1.807) is 28.8 Å². The Balaban J connectivity index is 1.71. The number of aromatic nitrogens is 2. The number of carbonyl (C=O) groups excluding carboxylic acids is 2. The number of aryl methyl sites for hydroxylation is 2. The van der Waals surface area contributed by atoms with Crippen molar-refractivity contribution < 1.29 is 14.3 Å². The molecule has 0 saturated carbocycles. The fraction of sp³-hybridized carbons (Fsp3) is 0.333. The molecule has 3 aromatic rings. The number of hydrogen-bond acceptors (Lipinski definition) is 5. The number of carbonyl (C=O) groups is 2. The molecular weight excluding hydrogens is 394 g/mol. The Morgan fingerprint density at radius 1 is 1.10 bits per heavy atom. The maximum Gasteiger partial charge on any atom is 0.344 e. The molecule has 162 valence electrons. The maximum atomic E-state index is 12.7. The van der Waals surface area contributed by atoms with Gasteiger partial charge in [0.1, 0.15) is 11.2 Å². The third kappa shape index (κ3) is 4.99. The van der Waals surface area contributed by atoms with Gasteiger partial charge in [-0.05, 0) is 49.1 Å². The first kappa shape index (κ1) is 22.2. The van der Waals surface area contributed by atoms with Gasteiger partial charge in [-0.2, -0.15) is 0 Å². The van der Waals surface area contributed by atoms with Crippen LogP contribution >= 0.6 is 0 Å². The van der Waals surface area contributed by atoms with Gasteiger partial charge in [0, 0.05) is 24.1 Å². The molecular formula is C24H27N3O4. The molecule has 1 amide bonds. The first-order valence-electron chi connectivity index (χ1n) is 10.2. The minimum absolute atomic E-state index is 0.0114. The molecule has 0 atom stereocenters. The van der Waals surface area contributed by atoms with Gasteiger partial charge in [-0.1, -0.05) is 32.9 Å². The zero-order valence-electron chi connectivity index (χ0n) is 18.5. The van der Waals surface area contributed by atoms with Crippen molar-refractivity contribution in [2.24, 2.45) is 0 Å². The molecule has 7 heteroatoms. The highest BCUT2D eigenvalue weighted by Crippen LogP contribution is 2.23. The van der Waals surface area contributed by atoms with Crippen LogP contribution in [0.5, 0.6) is 0 Å². The van der Waals surface area contributed by atoms with Crippen LogP contribution in [0.2, 0.25) is 0 Å². The predicted octanol–water partition coefficient (Wildman–Crippen LogP) is 3.82. The number of nitrogens with zero attached hydrogens (tertiary/aromatic N) is 2. The summed E-state index contributed by atoms with van der Waals surface area (Å²) >= 11 is 0. The molecule has 0 saturated heterocycles. The monoisotopic (exact) mass is 421 g/mol. The van der Waals surface area contributed by atoms with Crippen LogP contribution in [0.3, 0.4) is 0 Å². The second-order valence-electron chi connectivity index (χ2n) is 8.43. The average molecular weight is 421 g/mol.